The largest absolute Gasteiger partial charge is 0.419 e. The van der Waals surface area contributed by atoms with Gasteiger partial charge >= 0.3 is 5.76 Å². The molecule has 0 saturated carbocycles. The lowest BCUT2D eigenvalue weighted by Gasteiger charge is -2.11. The Morgan fingerprint density at radius 1 is 1.15 bits per heavy atom. The lowest BCUT2D eigenvalue weighted by Crippen LogP contribution is -2.15. The molecule has 1 aromatic heterocycles. The van der Waals surface area contributed by atoms with Gasteiger partial charge in [-0.3, -0.25) is 14.1 Å². The lowest BCUT2D eigenvalue weighted by atomic mass is 10.2. The summed E-state index contributed by atoms with van der Waals surface area (Å²) in [5.41, 5.74) is 1.94. The third-order valence-corrected chi connectivity index (χ3v) is 5.34. The van der Waals surface area contributed by atoms with Crippen LogP contribution in [0.1, 0.15) is 12.5 Å². The zero-order valence-electron chi connectivity index (χ0n) is 14.4. The maximum Gasteiger partial charge on any atom is 0.419 e. The van der Waals surface area contributed by atoms with E-state index in [1.54, 1.807) is 38.2 Å². The third-order valence-electron chi connectivity index (χ3n) is 3.81. The van der Waals surface area contributed by atoms with Crippen LogP contribution < -0.4 is 15.8 Å². The highest BCUT2D eigenvalue weighted by Gasteiger charge is 2.20. The van der Waals surface area contributed by atoms with Crippen molar-refractivity contribution in [1.29, 1.82) is 0 Å². The lowest BCUT2D eigenvalue weighted by molar-refractivity contribution is -0.114. The number of fused-ring (bicyclic) bond motifs is 1. The maximum atomic E-state index is 12.8. The van der Waals surface area contributed by atoms with Crippen molar-refractivity contribution in [2.24, 2.45) is 7.05 Å². The van der Waals surface area contributed by atoms with Crippen molar-refractivity contribution >= 4 is 38.4 Å². The Morgan fingerprint density at radius 2 is 1.85 bits per heavy atom. The Morgan fingerprint density at radius 3 is 2.54 bits per heavy atom. The number of nitrogens with zero attached hydrogens (tertiary/aromatic N) is 1. The van der Waals surface area contributed by atoms with Crippen molar-refractivity contribution in [1.82, 2.24) is 4.57 Å². The molecule has 1 heterocycles. The van der Waals surface area contributed by atoms with Gasteiger partial charge in [0.25, 0.3) is 10.0 Å². The number of carbonyl (C=O) groups excluding carboxylic acids is 1. The van der Waals surface area contributed by atoms with Crippen LogP contribution in [-0.2, 0) is 21.9 Å². The Balaban J connectivity index is 2.01. The molecule has 8 nitrogen and oxygen atoms in total. The quantitative estimate of drug-likeness (QED) is 0.726. The molecule has 1 amide bonds. The number of carbonyl (C=O) groups is 1. The van der Waals surface area contributed by atoms with Crippen molar-refractivity contribution < 1.29 is 17.6 Å². The van der Waals surface area contributed by atoms with E-state index in [-0.39, 0.29) is 16.4 Å². The fourth-order valence-corrected chi connectivity index (χ4v) is 3.91. The minimum absolute atomic E-state index is 0.00396. The first-order valence-electron chi connectivity index (χ1n) is 7.68. The number of aryl methyl sites for hydroxylation is 2. The van der Waals surface area contributed by atoms with E-state index in [0.29, 0.717) is 22.5 Å². The number of anilines is 2. The number of amides is 1. The van der Waals surface area contributed by atoms with Gasteiger partial charge in [0.05, 0.1) is 16.1 Å². The topological polar surface area (TPSA) is 110 Å². The van der Waals surface area contributed by atoms with Crippen LogP contribution in [0.3, 0.4) is 0 Å². The van der Waals surface area contributed by atoms with Crippen molar-refractivity contribution in [2.75, 3.05) is 10.0 Å². The zero-order chi connectivity index (χ0) is 19.1. The second-order valence-corrected chi connectivity index (χ2v) is 7.53. The molecule has 26 heavy (non-hydrogen) atoms. The average molecular weight is 375 g/mol. The van der Waals surface area contributed by atoms with Crippen LogP contribution in [0.5, 0.6) is 0 Å². The Bertz CT molecular complexity index is 1170. The first-order chi connectivity index (χ1) is 12.2. The molecule has 0 unspecified atom stereocenters. The monoisotopic (exact) mass is 375 g/mol. The summed E-state index contributed by atoms with van der Waals surface area (Å²) in [6, 6.07) is 9.26. The van der Waals surface area contributed by atoms with Crippen molar-refractivity contribution in [3.05, 3.63) is 52.5 Å². The molecule has 0 fully saturated rings. The zero-order valence-corrected chi connectivity index (χ0v) is 15.2. The third kappa shape index (κ3) is 3.33. The van der Waals surface area contributed by atoms with E-state index in [9.17, 15) is 18.0 Å². The molecule has 0 aliphatic carbocycles. The summed E-state index contributed by atoms with van der Waals surface area (Å²) in [6.07, 6.45) is 0. The molecule has 0 bridgehead atoms. The van der Waals surface area contributed by atoms with Crippen LogP contribution in [0.4, 0.5) is 11.4 Å². The summed E-state index contributed by atoms with van der Waals surface area (Å²) in [5, 5.41) is 2.59. The van der Waals surface area contributed by atoms with Crippen LogP contribution >= 0.6 is 0 Å². The normalized spacial score (nSPS) is 11.5. The molecule has 2 aromatic carbocycles. The number of benzene rings is 2. The molecule has 0 spiro atoms. The number of oxazole rings is 1. The van der Waals surface area contributed by atoms with Crippen LogP contribution in [0, 0.1) is 6.92 Å². The molecule has 0 saturated heterocycles. The standard InChI is InChI=1S/C17H17N3O5S/c1-10-7-14-15(25-17(22)20(14)3)9-16(10)26(23,24)19-13-6-4-5-12(8-13)18-11(2)21/h4-9,19H,1-3H3,(H,18,21). The van der Waals surface area contributed by atoms with E-state index in [1.165, 1.54) is 23.6 Å². The number of sulfonamides is 1. The van der Waals surface area contributed by atoms with Gasteiger partial charge in [-0.2, -0.15) is 0 Å². The molecule has 0 aliphatic heterocycles. The van der Waals surface area contributed by atoms with E-state index in [4.69, 9.17) is 4.42 Å². The summed E-state index contributed by atoms with van der Waals surface area (Å²) in [7, 11) is -2.37. The highest BCUT2D eigenvalue weighted by atomic mass is 32.2. The van der Waals surface area contributed by atoms with Crippen molar-refractivity contribution in [3.8, 4) is 0 Å². The van der Waals surface area contributed by atoms with Gasteiger partial charge in [0.15, 0.2) is 5.58 Å². The van der Waals surface area contributed by atoms with E-state index >= 15 is 0 Å². The Labute approximate surface area is 149 Å². The molecule has 0 atom stereocenters. The summed E-state index contributed by atoms with van der Waals surface area (Å²) in [6.45, 7) is 3.00. The van der Waals surface area contributed by atoms with Gasteiger partial charge in [0.2, 0.25) is 5.91 Å². The summed E-state index contributed by atoms with van der Waals surface area (Å²) >= 11 is 0. The van der Waals surface area contributed by atoms with Gasteiger partial charge in [0, 0.05) is 25.7 Å². The van der Waals surface area contributed by atoms with Crippen LogP contribution in [0.2, 0.25) is 0 Å². The van der Waals surface area contributed by atoms with Crippen molar-refractivity contribution in [3.63, 3.8) is 0 Å². The molecular weight excluding hydrogens is 358 g/mol. The Kier molecular flexibility index (Phi) is 4.33. The van der Waals surface area contributed by atoms with Gasteiger partial charge in [-0.05, 0) is 36.8 Å². The van der Waals surface area contributed by atoms with Crippen LogP contribution in [0.15, 0.2) is 50.5 Å². The highest BCUT2D eigenvalue weighted by Crippen LogP contribution is 2.25. The van der Waals surface area contributed by atoms with Gasteiger partial charge in [0.1, 0.15) is 0 Å². The predicted molar refractivity (Wildman–Crippen MR) is 97.7 cm³/mol. The highest BCUT2D eigenvalue weighted by molar-refractivity contribution is 7.92. The minimum Gasteiger partial charge on any atom is -0.408 e. The van der Waals surface area contributed by atoms with Gasteiger partial charge in [-0.15, -0.1) is 0 Å². The molecular formula is C17H17N3O5S. The van der Waals surface area contributed by atoms with E-state index in [0.717, 1.165) is 0 Å². The van der Waals surface area contributed by atoms with E-state index < -0.39 is 15.8 Å². The smallest absolute Gasteiger partial charge is 0.408 e. The van der Waals surface area contributed by atoms with Crippen molar-refractivity contribution in [2.45, 2.75) is 18.7 Å². The maximum absolute atomic E-state index is 12.8. The molecule has 3 rings (SSSR count). The van der Waals surface area contributed by atoms with Gasteiger partial charge in [-0.1, -0.05) is 6.07 Å². The van der Waals surface area contributed by atoms with Crippen LogP contribution in [0.25, 0.3) is 11.1 Å². The first-order valence-corrected chi connectivity index (χ1v) is 9.16. The summed E-state index contributed by atoms with van der Waals surface area (Å²) in [5.74, 6) is -0.824. The van der Waals surface area contributed by atoms with E-state index in [2.05, 4.69) is 10.0 Å². The minimum atomic E-state index is -3.92. The number of hydrogen-bond acceptors (Lipinski definition) is 5. The summed E-state index contributed by atoms with van der Waals surface area (Å²) < 4.78 is 34.4. The first kappa shape index (κ1) is 17.7. The number of rotatable bonds is 4. The molecule has 3 aromatic rings. The second-order valence-electron chi connectivity index (χ2n) is 5.88. The number of aromatic nitrogens is 1. The average Bonchev–Trinajstić information content (AvgIpc) is 2.80. The fourth-order valence-electron chi connectivity index (χ4n) is 2.62. The second kappa shape index (κ2) is 6.34. The number of nitrogens with one attached hydrogen (secondary N) is 2. The van der Waals surface area contributed by atoms with Gasteiger partial charge in [-0.25, -0.2) is 13.2 Å². The molecule has 136 valence electrons. The fraction of sp³-hybridized carbons (Fsp3) is 0.176. The molecule has 9 heteroatoms. The van der Waals surface area contributed by atoms with E-state index in [1.807, 2.05) is 0 Å². The van der Waals surface area contributed by atoms with Crippen LogP contribution in [-0.4, -0.2) is 18.9 Å². The predicted octanol–water partition coefficient (Wildman–Crippen LogP) is 2.20. The van der Waals surface area contributed by atoms with Gasteiger partial charge < -0.3 is 9.73 Å². The SMILES string of the molecule is CC(=O)Nc1cccc(NS(=O)(=O)c2cc3oc(=O)n(C)c3cc2C)c1. The Hall–Kier alpha value is -3.07. The summed E-state index contributed by atoms with van der Waals surface area (Å²) in [4.78, 5) is 22.8. The molecule has 2 N–H and O–H groups in total. The molecule has 0 radical (unpaired) electrons. The number of hydrogen-bond donors (Lipinski definition) is 2. The molecule has 0 aliphatic rings.